The standard InChI is InChI=1S/C17H24O2.C16H20O5/c1-4-16(3)18-13-7-5-6-8-14-19-17-11-9-15(2)10-12-17;1-2-16(18)20-12-6-4-3-5-11-19-14-7-9-15(10-8-14)21-13-17/h4,9-12H,1,3,5-8,13-14H2,2H3;2,7-10,13H,1,3-6,11-12H2. The summed E-state index contributed by atoms with van der Waals surface area (Å²) in [6.07, 6.45) is 11.0. The maximum atomic E-state index is 10.8. The second kappa shape index (κ2) is 22.9. The van der Waals surface area contributed by atoms with Crippen molar-refractivity contribution in [3.8, 4) is 17.2 Å². The lowest BCUT2D eigenvalue weighted by Crippen LogP contribution is -2.02. The number of allylic oxidation sites excluding steroid dienone is 1. The van der Waals surface area contributed by atoms with Gasteiger partial charge >= 0.3 is 5.97 Å². The van der Waals surface area contributed by atoms with Crippen LogP contribution in [-0.4, -0.2) is 38.9 Å². The molecule has 0 fully saturated rings. The van der Waals surface area contributed by atoms with Crippen molar-refractivity contribution in [2.24, 2.45) is 0 Å². The van der Waals surface area contributed by atoms with Crippen LogP contribution in [0, 0.1) is 6.92 Å². The molecule has 0 atom stereocenters. The first-order valence-corrected chi connectivity index (χ1v) is 13.7. The number of carbonyl (C=O) groups excluding carboxylic acids is 2. The summed E-state index contributed by atoms with van der Waals surface area (Å²) < 4.78 is 26.1. The van der Waals surface area contributed by atoms with E-state index in [4.69, 9.17) is 18.9 Å². The highest BCUT2D eigenvalue weighted by Crippen LogP contribution is 2.17. The highest BCUT2D eigenvalue weighted by atomic mass is 16.5. The lowest BCUT2D eigenvalue weighted by Gasteiger charge is -2.07. The Bertz CT molecular complexity index is 981. The van der Waals surface area contributed by atoms with E-state index < -0.39 is 0 Å². The molecule has 0 aliphatic rings. The van der Waals surface area contributed by atoms with Crippen LogP contribution in [0.4, 0.5) is 0 Å². The number of rotatable bonds is 21. The van der Waals surface area contributed by atoms with Crippen LogP contribution in [0.3, 0.4) is 0 Å². The molecule has 0 aromatic heterocycles. The van der Waals surface area contributed by atoms with Gasteiger partial charge in [-0.15, -0.1) is 0 Å². The van der Waals surface area contributed by atoms with Crippen molar-refractivity contribution in [2.45, 2.75) is 58.3 Å². The third kappa shape index (κ3) is 18.3. The molecule has 0 aliphatic heterocycles. The van der Waals surface area contributed by atoms with Crippen molar-refractivity contribution >= 4 is 12.4 Å². The molecule has 7 heteroatoms. The first kappa shape index (κ1) is 34.0. The van der Waals surface area contributed by atoms with Gasteiger partial charge in [0, 0.05) is 6.08 Å². The van der Waals surface area contributed by atoms with Gasteiger partial charge in [-0.3, -0.25) is 4.79 Å². The van der Waals surface area contributed by atoms with Gasteiger partial charge in [-0.1, -0.05) is 37.4 Å². The first-order chi connectivity index (χ1) is 19.5. The van der Waals surface area contributed by atoms with Gasteiger partial charge in [0.25, 0.3) is 6.47 Å². The molecule has 7 nitrogen and oxygen atoms in total. The number of aryl methyl sites for hydroxylation is 1. The summed E-state index contributed by atoms with van der Waals surface area (Å²) in [5, 5.41) is 0. The summed E-state index contributed by atoms with van der Waals surface area (Å²) in [5.41, 5.74) is 1.26. The smallest absolute Gasteiger partial charge is 0.330 e. The molecule has 0 saturated carbocycles. The molecule has 2 aromatic carbocycles. The quantitative estimate of drug-likeness (QED) is 0.0395. The number of hydrogen-bond acceptors (Lipinski definition) is 7. The van der Waals surface area contributed by atoms with Gasteiger partial charge < -0.3 is 23.7 Å². The Morgan fingerprint density at radius 3 is 1.57 bits per heavy atom. The minimum absolute atomic E-state index is 0.375. The summed E-state index contributed by atoms with van der Waals surface area (Å²) in [5.74, 6) is 2.47. The topological polar surface area (TPSA) is 80.3 Å². The minimum Gasteiger partial charge on any atom is -0.494 e. The van der Waals surface area contributed by atoms with Crippen LogP contribution in [-0.2, 0) is 19.1 Å². The molecule has 0 aliphatic carbocycles. The molecule has 0 amide bonds. The van der Waals surface area contributed by atoms with E-state index in [1.54, 1.807) is 30.3 Å². The lowest BCUT2D eigenvalue weighted by atomic mass is 10.2. The van der Waals surface area contributed by atoms with Crippen molar-refractivity contribution in [2.75, 3.05) is 26.4 Å². The van der Waals surface area contributed by atoms with E-state index >= 15 is 0 Å². The Balaban J connectivity index is 0.000000402. The highest BCUT2D eigenvalue weighted by molar-refractivity contribution is 5.81. The zero-order valence-electron chi connectivity index (χ0n) is 23.8. The molecule has 218 valence electrons. The van der Waals surface area contributed by atoms with Crippen LogP contribution < -0.4 is 14.2 Å². The highest BCUT2D eigenvalue weighted by Gasteiger charge is 1.98. The SMILES string of the molecule is C=CC(=C)OCCCCCCOc1ccc(C)cc1.C=CC(=O)OCCCCCCOc1ccc(OC=O)cc1. The van der Waals surface area contributed by atoms with Gasteiger partial charge in [0.05, 0.1) is 26.4 Å². The Kier molecular flexibility index (Phi) is 19.5. The van der Waals surface area contributed by atoms with Crippen LogP contribution in [0.2, 0.25) is 0 Å². The molecule has 0 bridgehead atoms. The summed E-state index contributed by atoms with van der Waals surface area (Å²) in [6.45, 7) is 15.7. The van der Waals surface area contributed by atoms with Gasteiger partial charge in [-0.05, 0) is 101 Å². The summed E-state index contributed by atoms with van der Waals surface area (Å²) in [4.78, 5) is 20.9. The van der Waals surface area contributed by atoms with E-state index in [2.05, 4.69) is 43.5 Å². The minimum atomic E-state index is -0.375. The molecule has 0 heterocycles. The molecule has 40 heavy (non-hydrogen) atoms. The predicted octanol–water partition coefficient (Wildman–Crippen LogP) is 7.54. The van der Waals surface area contributed by atoms with Gasteiger partial charge in [-0.25, -0.2) is 4.79 Å². The Morgan fingerprint density at radius 1 is 0.650 bits per heavy atom. The van der Waals surface area contributed by atoms with Crippen molar-refractivity contribution in [1.29, 1.82) is 0 Å². The monoisotopic (exact) mass is 552 g/mol. The van der Waals surface area contributed by atoms with Crippen molar-refractivity contribution < 1.29 is 33.3 Å². The van der Waals surface area contributed by atoms with Crippen molar-refractivity contribution in [3.63, 3.8) is 0 Å². The third-order valence-corrected chi connectivity index (χ3v) is 5.57. The Morgan fingerprint density at radius 2 is 1.10 bits per heavy atom. The van der Waals surface area contributed by atoms with Crippen molar-refractivity contribution in [1.82, 2.24) is 0 Å². The van der Waals surface area contributed by atoms with Gasteiger partial charge in [0.2, 0.25) is 0 Å². The van der Waals surface area contributed by atoms with E-state index in [1.807, 2.05) is 12.1 Å². The average Bonchev–Trinajstić information content (AvgIpc) is 2.97. The molecule has 2 aromatic rings. The number of benzene rings is 2. The van der Waals surface area contributed by atoms with Crippen molar-refractivity contribution in [3.05, 3.63) is 91.7 Å². The normalized spacial score (nSPS) is 9.82. The zero-order chi connectivity index (χ0) is 29.3. The van der Waals surface area contributed by atoms with E-state index in [1.165, 1.54) is 11.6 Å². The fourth-order valence-corrected chi connectivity index (χ4v) is 3.29. The molecule has 0 N–H and O–H groups in total. The molecular formula is C33H44O7. The number of esters is 1. The number of carbonyl (C=O) groups is 2. The molecule has 0 unspecified atom stereocenters. The largest absolute Gasteiger partial charge is 0.494 e. The Hall–Kier alpha value is -4.00. The maximum absolute atomic E-state index is 10.8. The van der Waals surface area contributed by atoms with Gasteiger partial charge in [-0.2, -0.15) is 0 Å². The molecule has 0 radical (unpaired) electrons. The fourth-order valence-electron chi connectivity index (χ4n) is 3.29. The third-order valence-electron chi connectivity index (χ3n) is 5.57. The van der Waals surface area contributed by atoms with E-state index in [0.29, 0.717) is 31.2 Å². The zero-order valence-corrected chi connectivity index (χ0v) is 23.8. The van der Waals surface area contributed by atoms with Crippen LogP contribution in [0.25, 0.3) is 0 Å². The second-order valence-electron chi connectivity index (χ2n) is 8.91. The number of ether oxygens (including phenoxy) is 5. The Labute approximate surface area is 239 Å². The van der Waals surface area contributed by atoms with Gasteiger partial charge in [0.1, 0.15) is 23.0 Å². The molecule has 2 rings (SSSR count). The van der Waals surface area contributed by atoms with E-state index in [9.17, 15) is 9.59 Å². The molecule has 0 saturated heterocycles. The van der Waals surface area contributed by atoms with E-state index in [-0.39, 0.29) is 5.97 Å². The van der Waals surface area contributed by atoms with Gasteiger partial charge in [0.15, 0.2) is 0 Å². The molecule has 0 spiro atoms. The summed E-state index contributed by atoms with van der Waals surface area (Å²) >= 11 is 0. The molecular weight excluding hydrogens is 508 g/mol. The first-order valence-electron chi connectivity index (χ1n) is 13.7. The fraction of sp³-hybridized carbons (Fsp3) is 0.394. The predicted molar refractivity (Wildman–Crippen MR) is 159 cm³/mol. The summed E-state index contributed by atoms with van der Waals surface area (Å²) in [6, 6.07) is 15.0. The second-order valence-corrected chi connectivity index (χ2v) is 8.91. The summed E-state index contributed by atoms with van der Waals surface area (Å²) in [7, 11) is 0. The number of hydrogen-bond donors (Lipinski definition) is 0. The van der Waals surface area contributed by atoms with Crippen LogP contribution in [0.5, 0.6) is 17.2 Å². The van der Waals surface area contributed by atoms with Crippen LogP contribution >= 0.6 is 0 Å². The average molecular weight is 553 g/mol. The lowest BCUT2D eigenvalue weighted by molar-refractivity contribution is -0.137. The number of unbranched alkanes of at least 4 members (excludes halogenated alkanes) is 6. The van der Waals surface area contributed by atoms with Crippen LogP contribution in [0.1, 0.15) is 56.9 Å². The van der Waals surface area contributed by atoms with E-state index in [0.717, 1.165) is 76.1 Å². The maximum Gasteiger partial charge on any atom is 0.330 e. The van der Waals surface area contributed by atoms with Crippen LogP contribution in [0.15, 0.2) is 86.2 Å².